The van der Waals surface area contributed by atoms with Crippen molar-refractivity contribution < 1.29 is 23.1 Å². The van der Waals surface area contributed by atoms with Crippen LogP contribution in [0.3, 0.4) is 0 Å². The van der Waals surface area contributed by atoms with Crippen LogP contribution in [0.4, 0.5) is 8.78 Å². The topological polar surface area (TPSA) is 58.6 Å². The van der Waals surface area contributed by atoms with Crippen molar-refractivity contribution >= 4 is 11.8 Å². The second-order valence-corrected chi connectivity index (χ2v) is 6.82. The van der Waals surface area contributed by atoms with E-state index in [1.54, 1.807) is 17.0 Å². The predicted octanol–water partition coefficient (Wildman–Crippen LogP) is 2.55. The first kappa shape index (κ1) is 18.2. The number of nitrogens with zero attached hydrogens (tertiary/aromatic N) is 1. The van der Waals surface area contributed by atoms with Crippen molar-refractivity contribution in [3.8, 4) is 5.75 Å². The lowest BCUT2D eigenvalue weighted by Gasteiger charge is -2.31. The van der Waals surface area contributed by atoms with Crippen LogP contribution in [-0.2, 0) is 16.1 Å². The van der Waals surface area contributed by atoms with Gasteiger partial charge in [-0.25, -0.2) is 0 Å². The maximum atomic E-state index is 12.3. The normalized spacial score (nSPS) is 18.2. The van der Waals surface area contributed by atoms with Crippen LogP contribution in [0.15, 0.2) is 24.3 Å². The summed E-state index contributed by atoms with van der Waals surface area (Å²) in [6, 6.07) is 6.17. The summed E-state index contributed by atoms with van der Waals surface area (Å²) < 4.78 is 28.8. The largest absolute Gasteiger partial charge is 0.435 e. The molecule has 0 spiro atoms. The zero-order valence-electron chi connectivity index (χ0n) is 14.0. The molecule has 1 heterocycles. The lowest BCUT2D eigenvalue weighted by Crippen LogP contribution is -2.43. The predicted molar refractivity (Wildman–Crippen MR) is 84.5 cm³/mol. The molecule has 132 valence electrons. The molecule has 1 N–H and O–H groups in total. The summed E-state index contributed by atoms with van der Waals surface area (Å²) in [5, 5.41) is 2.75. The van der Waals surface area contributed by atoms with Gasteiger partial charge in [0.1, 0.15) is 5.75 Å². The average molecular weight is 340 g/mol. The second kappa shape index (κ2) is 7.15. The van der Waals surface area contributed by atoms with Gasteiger partial charge in [-0.05, 0) is 38.5 Å². The third kappa shape index (κ3) is 4.66. The Morgan fingerprint density at radius 1 is 1.42 bits per heavy atom. The third-order valence-corrected chi connectivity index (χ3v) is 3.90. The summed E-state index contributed by atoms with van der Waals surface area (Å²) >= 11 is 0. The second-order valence-electron chi connectivity index (χ2n) is 6.82. The minimum Gasteiger partial charge on any atom is -0.435 e. The molecular weight excluding hydrogens is 318 g/mol. The van der Waals surface area contributed by atoms with E-state index in [1.807, 2.05) is 20.8 Å². The van der Waals surface area contributed by atoms with Crippen molar-refractivity contribution in [3.05, 3.63) is 29.8 Å². The molecule has 0 aliphatic carbocycles. The monoisotopic (exact) mass is 340 g/mol. The maximum Gasteiger partial charge on any atom is 0.387 e. The van der Waals surface area contributed by atoms with Gasteiger partial charge in [0.2, 0.25) is 11.8 Å². The minimum atomic E-state index is -2.89. The molecule has 1 fully saturated rings. The standard InChI is InChI=1S/C17H22F2N2O3/c1-17(2,3)21-10-12(8-14(21)22)15(23)20-9-11-5-4-6-13(7-11)24-16(18)19/h4-7,12,16H,8-10H2,1-3H3,(H,20,23). The molecule has 1 aliphatic heterocycles. The van der Waals surface area contributed by atoms with E-state index in [1.165, 1.54) is 12.1 Å². The van der Waals surface area contributed by atoms with Gasteiger partial charge in [0.25, 0.3) is 0 Å². The summed E-state index contributed by atoms with van der Waals surface area (Å²) in [6.07, 6.45) is 0.192. The van der Waals surface area contributed by atoms with Crippen LogP contribution in [-0.4, -0.2) is 35.4 Å². The lowest BCUT2D eigenvalue weighted by molar-refractivity contribution is -0.132. The molecule has 24 heavy (non-hydrogen) atoms. The molecule has 2 rings (SSSR count). The smallest absolute Gasteiger partial charge is 0.387 e. The zero-order valence-corrected chi connectivity index (χ0v) is 14.0. The van der Waals surface area contributed by atoms with Crippen LogP contribution in [0.5, 0.6) is 5.75 Å². The first-order chi connectivity index (χ1) is 11.2. The van der Waals surface area contributed by atoms with Crippen LogP contribution in [0.25, 0.3) is 0 Å². The molecule has 1 saturated heterocycles. The summed E-state index contributed by atoms with van der Waals surface area (Å²) in [6.45, 7) is 3.49. The molecular formula is C17H22F2N2O3. The van der Waals surface area contributed by atoms with Gasteiger partial charge in [0.15, 0.2) is 0 Å². The highest BCUT2D eigenvalue weighted by Crippen LogP contribution is 2.26. The van der Waals surface area contributed by atoms with Gasteiger partial charge in [-0.1, -0.05) is 12.1 Å². The first-order valence-corrected chi connectivity index (χ1v) is 7.79. The number of hydrogen-bond donors (Lipinski definition) is 1. The van der Waals surface area contributed by atoms with E-state index in [9.17, 15) is 18.4 Å². The Morgan fingerprint density at radius 3 is 2.71 bits per heavy atom. The Kier molecular flexibility index (Phi) is 5.41. The van der Waals surface area contributed by atoms with Crippen LogP contribution in [0.1, 0.15) is 32.8 Å². The molecule has 7 heteroatoms. The number of carbonyl (C=O) groups is 2. The summed E-state index contributed by atoms with van der Waals surface area (Å²) in [5.41, 5.74) is 0.339. The minimum absolute atomic E-state index is 0.0324. The maximum absolute atomic E-state index is 12.3. The highest BCUT2D eigenvalue weighted by molar-refractivity contribution is 5.89. The number of alkyl halides is 2. The fourth-order valence-electron chi connectivity index (χ4n) is 2.70. The fourth-order valence-corrected chi connectivity index (χ4v) is 2.70. The number of halogens is 2. The van der Waals surface area contributed by atoms with Gasteiger partial charge >= 0.3 is 6.61 Å². The number of ether oxygens (including phenoxy) is 1. The van der Waals surface area contributed by atoms with Gasteiger partial charge in [-0.3, -0.25) is 9.59 Å². The Balaban J connectivity index is 1.91. The summed E-state index contributed by atoms with van der Waals surface area (Å²) in [7, 11) is 0. The van der Waals surface area contributed by atoms with Crippen molar-refractivity contribution in [1.29, 1.82) is 0 Å². The molecule has 1 atom stereocenters. The number of benzene rings is 1. The van der Waals surface area contributed by atoms with E-state index in [2.05, 4.69) is 10.1 Å². The fraction of sp³-hybridized carbons (Fsp3) is 0.529. The highest BCUT2D eigenvalue weighted by Gasteiger charge is 2.39. The molecule has 1 aromatic rings. The summed E-state index contributed by atoms with van der Waals surface area (Å²) in [5.74, 6) is -0.589. The molecule has 0 bridgehead atoms. The Bertz CT molecular complexity index is 614. The molecule has 0 saturated carbocycles. The highest BCUT2D eigenvalue weighted by atomic mass is 19.3. The van der Waals surface area contributed by atoms with Crippen molar-refractivity contribution in [3.63, 3.8) is 0 Å². The number of likely N-dealkylation sites (tertiary alicyclic amines) is 1. The van der Waals surface area contributed by atoms with E-state index in [0.717, 1.165) is 0 Å². The molecule has 5 nitrogen and oxygen atoms in total. The van der Waals surface area contributed by atoms with Crippen molar-refractivity contribution in [2.24, 2.45) is 5.92 Å². The van der Waals surface area contributed by atoms with Crippen LogP contribution in [0.2, 0.25) is 0 Å². The molecule has 1 aliphatic rings. The molecule has 1 aromatic carbocycles. The van der Waals surface area contributed by atoms with Gasteiger partial charge in [-0.15, -0.1) is 0 Å². The van der Waals surface area contributed by atoms with Crippen LogP contribution < -0.4 is 10.1 Å². The average Bonchev–Trinajstić information content (AvgIpc) is 2.86. The molecule has 0 aromatic heterocycles. The molecule has 0 radical (unpaired) electrons. The Hall–Kier alpha value is -2.18. The first-order valence-electron chi connectivity index (χ1n) is 7.79. The zero-order chi connectivity index (χ0) is 17.9. The lowest BCUT2D eigenvalue weighted by atomic mass is 10.1. The third-order valence-electron chi connectivity index (χ3n) is 3.90. The Morgan fingerprint density at radius 2 is 2.12 bits per heavy atom. The van der Waals surface area contributed by atoms with E-state index < -0.39 is 12.5 Å². The van der Waals surface area contributed by atoms with E-state index in [0.29, 0.717) is 12.1 Å². The van der Waals surface area contributed by atoms with Crippen molar-refractivity contribution in [1.82, 2.24) is 10.2 Å². The quantitative estimate of drug-likeness (QED) is 0.896. The van der Waals surface area contributed by atoms with Crippen LogP contribution in [0, 0.1) is 5.92 Å². The van der Waals surface area contributed by atoms with Crippen molar-refractivity contribution in [2.75, 3.05) is 6.54 Å². The van der Waals surface area contributed by atoms with Gasteiger partial charge in [0, 0.05) is 25.0 Å². The van der Waals surface area contributed by atoms with E-state index >= 15 is 0 Å². The van der Waals surface area contributed by atoms with E-state index in [4.69, 9.17) is 0 Å². The van der Waals surface area contributed by atoms with Gasteiger partial charge in [-0.2, -0.15) is 8.78 Å². The van der Waals surface area contributed by atoms with Gasteiger partial charge in [0.05, 0.1) is 5.92 Å². The molecule has 2 amide bonds. The number of rotatable bonds is 5. The number of carbonyl (C=O) groups excluding carboxylic acids is 2. The van der Waals surface area contributed by atoms with E-state index in [-0.39, 0.29) is 36.1 Å². The van der Waals surface area contributed by atoms with Gasteiger partial charge < -0.3 is 15.0 Å². The summed E-state index contributed by atoms with van der Waals surface area (Å²) in [4.78, 5) is 26.0. The SMILES string of the molecule is CC(C)(C)N1CC(C(=O)NCc2cccc(OC(F)F)c2)CC1=O. The molecule has 1 unspecified atom stereocenters. The number of amides is 2. The van der Waals surface area contributed by atoms with Crippen LogP contribution >= 0.6 is 0 Å². The van der Waals surface area contributed by atoms with Crippen molar-refractivity contribution in [2.45, 2.75) is 45.9 Å². The number of nitrogens with one attached hydrogen (secondary N) is 1. The Labute approximate surface area is 140 Å². The number of hydrogen-bond acceptors (Lipinski definition) is 3.